The van der Waals surface area contributed by atoms with Crippen LogP contribution in [0.5, 0.6) is 5.75 Å². The molecule has 3 aromatic rings. The molecule has 0 aromatic heterocycles. The molecule has 2 amide bonds. The SMILES string of the molecule is CC[C@@H](C)NC(=O)[C@H](Cc1ccccc1)N(Cc1ccc(Cl)cc1)C(=O)COc1ccccc1Cl. The zero-order valence-electron chi connectivity index (χ0n) is 19.9. The second kappa shape index (κ2) is 13.2. The Morgan fingerprint density at radius 3 is 2.23 bits per heavy atom. The molecule has 0 bridgehead atoms. The molecule has 1 N–H and O–H groups in total. The summed E-state index contributed by atoms with van der Waals surface area (Å²) in [6.45, 7) is 3.93. The van der Waals surface area contributed by atoms with Gasteiger partial charge in [0.2, 0.25) is 5.91 Å². The van der Waals surface area contributed by atoms with Crippen LogP contribution in [0.25, 0.3) is 0 Å². The molecule has 35 heavy (non-hydrogen) atoms. The second-order valence-electron chi connectivity index (χ2n) is 8.39. The van der Waals surface area contributed by atoms with Crippen molar-refractivity contribution in [3.8, 4) is 5.75 Å². The molecular weight excluding hydrogens is 483 g/mol. The van der Waals surface area contributed by atoms with Gasteiger partial charge in [0, 0.05) is 24.0 Å². The first-order valence-corrected chi connectivity index (χ1v) is 12.4. The number of hydrogen-bond donors (Lipinski definition) is 1. The van der Waals surface area contributed by atoms with Crippen LogP contribution in [-0.4, -0.2) is 35.4 Å². The normalized spacial score (nSPS) is 12.5. The lowest BCUT2D eigenvalue weighted by molar-refractivity contribution is -0.143. The largest absolute Gasteiger partial charge is 0.482 e. The van der Waals surface area contributed by atoms with E-state index in [1.54, 1.807) is 41.3 Å². The van der Waals surface area contributed by atoms with Crippen molar-refractivity contribution >= 4 is 35.0 Å². The number of benzene rings is 3. The fourth-order valence-electron chi connectivity index (χ4n) is 3.57. The Kier molecular flexibility index (Phi) is 10.0. The Bertz CT molecular complexity index is 1110. The number of nitrogens with zero attached hydrogens (tertiary/aromatic N) is 1. The minimum atomic E-state index is -0.732. The van der Waals surface area contributed by atoms with Crippen LogP contribution in [0.1, 0.15) is 31.4 Å². The van der Waals surface area contributed by atoms with Gasteiger partial charge in [-0.15, -0.1) is 0 Å². The summed E-state index contributed by atoms with van der Waals surface area (Å²) in [6.07, 6.45) is 1.15. The lowest BCUT2D eigenvalue weighted by Crippen LogP contribution is -2.53. The molecular formula is C28H30Cl2N2O3. The lowest BCUT2D eigenvalue weighted by Gasteiger charge is -2.32. The number of halogens is 2. The molecule has 5 nitrogen and oxygen atoms in total. The van der Waals surface area contributed by atoms with Gasteiger partial charge in [-0.1, -0.05) is 84.7 Å². The Balaban J connectivity index is 1.91. The van der Waals surface area contributed by atoms with Crippen LogP contribution in [0.15, 0.2) is 78.9 Å². The van der Waals surface area contributed by atoms with Crippen molar-refractivity contribution in [2.24, 2.45) is 0 Å². The summed E-state index contributed by atoms with van der Waals surface area (Å²) >= 11 is 12.3. The summed E-state index contributed by atoms with van der Waals surface area (Å²) in [7, 11) is 0. The van der Waals surface area contributed by atoms with Gasteiger partial charge in [0.1, 0.15) is 11.8 Å². The molecule has 184 valence electrons. The number of carbonyl (C=O) groups is 2. The Morgan fingerprint density at radius 1 is 0.914 bits per heavy atom. The van der Waals surface area contributed by atoms with E-state index in [-0.39, 0.29) is 31.0 Å². The predicted molar refractivity (Wildman–Crippen MR) is 141 cm³/mol. The summed E-state index contributed by atoms with van der Waals surface area (Å²) in [5, 5.41) is 4.06. The first kappa shape index (κ1) is 26.6. The number of hydrogen-bond acceptors (Lipinski definition) is 3. The summed E-state index contributed by atoms with van der Waals surface area (Å²) in [4.78, 5) is 28.6. The topological polar surface area (TPSA) is 58.6 Å². The van der Waals surface area contributed by atoms with E-state index in [9.17, 15) is 9.59 Å². The van der Waals surface area contributed by atoms with Crippen molar-refractivity contribution < 1.29 is 14.3 Å². The first-order chi connectivity index (χ1) is 16.9. The number of para-hydroxylation sites is 1. The van der Waals surface area contributed by atoms with Crippen LogP contribution in [0, 0.1) is 0 Å². The Morgan fingerprint density at radius 2 is 1.57 bits per heavy atom. The highest BCUT2D eigenvalue weighted by Gasteiger charge is 2.31. The van der Waals surface area contributed by atoms with Crippen molar-refractivity contribution in [2.45, 2.75) is 45.3 Å². The molecule has 3 rings (SSSR count). The van der Waals surface area contributed by atoms with Crippen LogP contribution in [0.2, 0.25) is 10.0 Å². The molecule has 0 saturated carbocycles. The second-order valence-corrected chi connectivity index (χ2v) is 9.23. The number of nitrogens with one attached hydrogen (secondary N) is 1. The molecule has 0 aliphatic heterocycles. The highest BCUT2D eigenvalue weighted by molar-refractivity contribution is 6.32. The van der Waals surface area contributed by atoms with Gasteiger partial charge in [-0.2, -0.15) is 0 Å². The molecule has 0 aliphatic carbocycles. The van der Waals surface area contributed by atoms with Crippen LogP contribution < -0.4 is 10.1 Å². The minimum Gasteiger partial charge on any atom is -0.482 e. The molecule has 0 aliphatic rings. The summed E-state index contributed by atoms with van der Waals surface area (Å²) < 4.78 is 5.74. The van der Waals surface area contributed by atoms with Crippen LogP contribution in [0.4, 0.5) is 0 Å². The number of amides is 2. The third kappa shape index (κ3) is 8.01. The lowest BCUT2D eigenvalue weighted by atomic mass is 10.0. The van der Waals surface area contributed by atoms with Gasteiger partial charge in [-0.25, -0.2) is 0 Å². The smallest absolute Gasteiger partial charge is 0.261 e. The maximum absolute atomic E-state index is 13.5. The fourth-order valence-corrected chi connectivity index (χ4v) is 3.88. The zero-order chi connectivity index (χ0) is 25.2. The van der Waals surface area contributed by atoms with E-state index < -0.39 is 6.04 Å². The molecule has 0 fully saturated rings. The van der Waals surface area contributed by atoms with E-state index in [2.05, 4.69) is 5.32 Å². The average molecular weight is 513 g/mol. The molecule has 0 saturated heterocycles. The summed E-state index contributed by atoms with van der Waals surface area (Å²) in [5.41, 5.74) is 1.81. The summed E-state index contributed by atoms with van der Waals surface area (Å²) in [6, 6.07) is 23.1. The number of rotatable bonds is 11. The average Bonchev–Trinajstić information content (AvgIpc) is 2.87. The predicted octanol–water partition coefficient (Wildman–Crippen LogP) is 5.93. The van der Waals surface area contributed by atoms with E-state index in [1.807, 2.05) is 56.3 Å². The van der Waals surface area contributed by atoms with Gasteiger partial charge < -0.3 is 15.0 Å². The Labute approximate surface area is 217 Å². The minimum absolute atomic E-state index is 0.0207. The fraction of sp³-hybridized carbons (Fsp3) is 0.286. The molecule has 0 heterocycles. The van der Waals surface area contributed by atoms with Crippen molar-refractivity contribution in [1.29, 1.82) is 0 Å². The van der Waals surface area contributed by atoms with Gasteiger partial charge in [0.15, 0.2) is 6.61 Å². The Hall–Kier alpha value is -3.02. The maximum Gasteiger partial charge on any atom is 0.261 e. The van der Waals surface area contributed by atoms with E-state index in [0.29, 0.717) is 22.2 Å². The number of ether oxygens (including phenoxy) is 1. The monoisotopic (exact) mass is 512 g/mol. The molecule has 0 unspecified atom stereocenters. The van der Waals surface area contributed by atoms with Gasteiger partial charge in [0.25, 0.3) is 5.91 Å². The quantitative estimate of drug-likeness (QED) is 0.346. The third-order valence-electron chi connectivity index (χ3n) is 5.73. The first-order valence-electron chi connectivity index (χ1n) is 11.6. The van der Waals surface area contributed by atoms with E-state index in [4.69, 9.17) is 27.9 Å². The number of carbonyl (C=O) groups excluding carboxylic acids is 2. The molecule has 0 radical (unpaired) electrons. The van der Waals surface area contributed by atoms with Gasteiger partial charge in [-0.05, 0) is 48.7 Å². The molecule has 3 aromatic carbocycles. The van der Waals surface area contributed by atoms with Crippen LogP contribution in [-0.2, 0) is 22.6 Å². The van der Waals surface area contributed by atoms with E-state index in [1.165, 1.54) is 0 Å². The van der Waals surface area contributed by atoms with Crippen molar-refractivity contribution in [2.75, 3.05) is 6.61 Å². The highest BCUT2D eigenvalue weighted by Crippen LogP contribution is 2.24. The van der Waals surface area contributed by atoms with Crippen LogP contribution >= 0.6 is 23.2 Å². The molecule has 2 atom stereocenters. The van der Waals surface area contributed by atoms with Gasteiger partial charge >= 0.3 is 0 Å². The molecule has 7 heteroatoms. The van der Waals surface area contributed by atoms with E-state index >= 15 is 0 Å². The highest BCUT2D eigenvalue weighted by atomic mass is 35.5. The van der Waals surface area contributed by atoms with Gasteiger partial charge in [-0.3, -0.25) is 9.59 Å². The van der Waals surface area contributed by atoms with E-state index in [0.717, 1.165) is 17.5 Å². The molecule has 0 spiro atoms. The summed E-state index contributed by atoms with van der Waals surface area (Å²) in [5.74, 6) is -0.110. The third-order valence-corrected chi connectivity index (χ3v) is 6.29. The van der Waals surface area contributed by atoms with Crippen LogP contribution in [0.3, 0.4) is 0 Å². The van der Waals surface area contributed by atoms with Crippen molar-refractivity contribution in [1.82, 2.24) is 10.2 Å². The van der Waals surface area contributed by atoms with Crippen molar-refractivity contribution in [3.05, 3.63) is 100 Å². The maximum atomic E-state index is 13.5. The van der Waals surface area contributed by atoms with Crippen molar-refractivity contribution in [3.63, 3.8) is 0 Å². The standard InChI is InChI=1S/C28H30Cl2N2O3/c1-3-20(2)31-28(34)25(17-21-9-5-4-6-10-21)32(18-22-13-15-23(29)16-14-22)27(33)19-35-26-12-8-7-11-24(26)30/h4-16,20,25H,3,17-19H2,1-2H3,(H,31,34)/t20-,25+/m1/s1. The van der Waals surface area contributed by atoms with Gasteiger partial charge in [0.05, 0.1) is 5.02 Å². The zero-order valence-corrected chi connectivity index (χ0v) is 21.4.